The van der Waals surface area contributed by atoms with Crippen LogP contribution in [0.2, 0.25) is 0 Å². The summed E-state index contributed by atoms with van der Waals surface area (Å²) in [7, 11) is 1.59. The number of nitrogens with one attached hydrogen (secondary N) is 1. The lowest BCUT2D eigenvalue weighted by atomic mass is 10.2. The molecule has 0 aliphatic rings. The van der Waals surface area contributed by atoms with E-state index < -0.39 is 0 Å². The van der Waals surface area contributed by atoms with Gasteiger partial charge in [0.1, 0.15) is 5.75 Å². The van der Waals surface area contributed by atoms with Crippen molar-refractivity contribution < 1.29 is 9.53 Å². The Bertz CT molecular complexity index is 364. The molecule has 0 aromatic heterocycles. The van der Waals surface area contributed by atoms with Crippen LogP contribution in [-0.2, 0) is 0 Å². The SMILES string of the molecule is COc1ccc(C(=O)NC(C)C)cc1Br. The van der Waals surface area contributed by atoms with Gasteiger partial charge in [-0.1, -0.05) is 0 Å². The summed E-state index contributed by atoms with van der Waals surface area (Å²) in [5, 5.41) is 2.82. The smallest absolute Gasteiger partial charge is 0.251 e. The zero-order valence-electron chi connectivity index (χ0n) is 9.00. The molecule has 1 aromatic rings. The van der Waals surface area contributed by atoms with Crippen molar-refractivity contribution in [2.45, 2.75) is 19.9 Å². The van der Waals surface area contributed by atoms with E-state index in [1.54, 1.807) is 25.3 Å². The molecular weight excluding hydrogens is 258 g/mol. The third-order valence-electron chi connectivity index (χ3n) is 1.83. The Kier molecular flexibility index (Phi) is 4.15. The summed E-state index contributed by atoms with van der Waals surface area (Å²) in [4.78, 5) is 11.6. The van der Waals surface area contributed by atoms with E-state index in [0.717, 1.165) is 10.2 Å². The minimum Gasteiger partial charge on any atom is -0.496 e. The van der Waals surface area contributed by atoms with Gasteiger partial charge in [0.05, 0.1) is 11.6 Å². The van der Waals surface area contributed by atoms with Crippen molar-refractivity contribution in [2.75, 3.05) is 7.11 Å². The summed E-state index contributed by atoms with van der Waals surface area (Å²) in [5.41, 5.74) is 0.622. The number of hydrogen-bond acceptors (Lipinski definition) is 2. The molecule has 0 aliphatic heterocycles. The number of carbonyl (C=O) groups excluding carboxylic acids is 1. The largest absolute Gasteiger partial charge is 0.496 e. The maximum atomic E-state index is 11.6. The Morgan fingerprint density at radius 3 is 2.60 bits per heavy atom. The summed E-state index contributed by atoms with van der Waals surface area (Å²) in [6.45, 7) is 3.85. The molecule has 0 unspecified atom stereocenters. The first kappa shape index (κ1) is 12.0. The molecular formula is C11H14BrNO2. The highest BCUT2D eigenvalue weighted by Crippen LogP contribution is 2.25. The van der Waals surface area contributed by atoms with E-state index in [1.165, 1.54) is 0 Å². The van der Waals surface area contributed by atoms with E-state index in [1.807, 2.05) is 13.8 Å². The standard InChI is InChI=1S/C11H14BrNO2/c1-7(2)13-11(14)8-4-5-10(15-3)9(12)6-8/h4-7H,1-3H3,(H,13,14). The molecule has 82 valence electrons. The number of ether oxygens (including phenoxy) is 1. The second-order valence-corrected chi connectivity index (χ2v) is 4.33. The lowest BCUT2D eigenvalue weighted by Gasteiger charge is -2.09. The van der Waals surface area contributed by atoms with Crippen molar-refractivity contribution in [3.05, 3.63) is 28.2 Å². The first-order valence-electron chi connectivity index (χ1n) is 4.69. The molecule has 0 radical (unpaired) electrons. The lowest BCUT2D eigenvalue weighted by Crippen LogP contribution is -2.30. The van der Waals surface area contributed by atoms with Crippen LogP contribution < -0.4 is 10.1 Å². The molecule has 1 N–H and O–H groups in total. The monoisotopic (exact) mass is 271 g/mol. The maximum Gasteiger partial charge on any atom is 0.251 e. The number of rotatable bonds is 3. The summed E-state index contributed by atoms with van der Waals surface area (Å²) < 4.78 is 5.86. The highest BCUT2D eigenvalue weighted by molar-refractivity contribution is 9.10. The van der Waals surface area contributed by atoms with Crippen molar-refractivity contribution in [1.82, 2.24) is 5.32 Å². The van der Waals surface area contributed by atoms with Gasteiger partial charge in [-0.05, 0) is 48.0 Å². The molecule has 15 heavy (non-hydrogen) atoms. The number of benzene rings is 1. The number of hydrogen-bond donors (Lipinski definition) is 1. The molecule has 0 spiro atoms. The van der Waals surface area contributed by atoms with E-state index in [0.29, 0.717) is 5.56 Å². The topological polar surface area (TPSA) is 38.3 Å². The number of methoxy groups -OCH3 is 1. The molecule has 0 atom stereocenters. The van der Waals surface area contributed by atoms with Gasteiger partial charge in [-0.25, -0.2) is 0 Å². The van der Waals surface area contributed by atoms with Crippen molar-refractivity contribution >= 4 is 21.8 Å². The van der Waals surface area contributed by atoms with Crippen LogP contribution in [0.4, 0.5) is 0 Å². The van der Waals surface area contributed by atoms with E-state index in [9.17, 15) is 4.79 Å². The average molecular weight is 272 g/mol. The highest BCUT2D eigenvalue weighted by Gasteiger charge is 2.09. The van der Waals surface area contributed by atoms with Gasteiger partial charge in [0.25, 0.3) is 5.91 Å². The van der Waals surface area contributed by atoms with E-state index in [-0.39, 0.29) is 11.9 Å². The second-order valence-electron chi connectivity index (χ2n) is 3.48. The van der Waals surface area contributed by atoms with Crippen LogP contribution in [0.3, 0.4) is 0 Å². The van der Waals surface area contributed by atoms with Crippen LogP contribution in [0, 0.1) is 0 Å². The van der Waals surface area contributed by atoms with Crippen LogP contribution in [0.1, 0.15) is 24.2 Å². The molecule has 3 nitrogen and oxygen atoms in total. The van der Waals surface area contributed by atoms with Crippen LogP contribution >= 0.6 is 15.9 Å². The highest BCUT2D eigenvalue weighted by atomic mass is 79.9. The van der Waals surface area contributed by atoms with E-state index in [4.69, 9.17) is 4.74 Å². The summed E-state index contributed by atoms with van der Waals surface area (Å²) in [6, 6.07) is 5.38. The molecule has 0 aliphatic carbocycles. The summed E-state index contributed by atoms with van der Waals surface area (Å²) in [6.07, 6.45) is 0. The Hall–Kier alpha value is -1.03. The molecule has 0 saturated heterocycles. The van der Waals surface area contributed by atoms with Gasteiger partial charge in [0.2, 0.25) is 0 Å². The van der Waals surface area contributed by atoms with Gasteiger partial charge in [-0.2, -0.15) is 0 Å². The van der Waals surface area contributed by atoms with E-state index >= 15 is 0 Å². The second kappa shape index (κ2) is 5.16. The van der Waals surface area contributed by atoms with Gasteiger partial charge in [0, 0.05) is 11.6 Å². The Balaban J connectivity index is 2.87. The van der Waals surface area contributed by atoms with Crippen LogP contribution in [-0.4, -0.2) is 19.1 Å². The summed E-state index contributed by atoms with van der Waals surface area (Å²) >= 11 is 3.34. The molecule has 0 heterocycles. The number of amides is 1. The zero-order valence-corrected chi connectivity index (χ0v) is 10.6. The first-order valence-corrected chi connectivity index (χ1v) is 5.48. The fourth-order valence-electron chi connectivity index (χ4n) is 1.15. The Morgan fingerprint density at radius 2 is 2.13 bits per heavy atom. The van der Waals surface area contributed by atoms with Gasteiger partial charge in [-0.15, -0.1) is 0 Å². The Morgan fingerprint density at radius 1 is 1.47 bits per heavy atom. The predicted molar refractivity (Wildman–Crippen MR) is 63.3 cm³/mol. The quantitative estimate of drug-likeness (QED) is 0.918. The Labute approximate surface area is 97.9 Å². The van der Waals surface area contributed by atoms with Crippen molar-refractivity contribution in [3.8, 4) is 5.75 Å². The molecule has 1 amide bonds. The number of halogens is 1. The van der Waals surface area contributed by atoms with Crippen molar-refractivity contribution in [3.63, 3.8) is 0 Å². The third kappa shape index (κ3) is 3.23. The van der Waals surface area contributed by atoms with E-state index in [2.05, 4.69) is 21.2 Å². The molecule has 0 fully saturated rings. The molecule has 0 saturated carbocycles. The summed E-state index contributed by atoms with van der Waals surface area (Å²) in [5.74, 6) is 0.643. The first-order chi connectivity index (χ1) is 7.04. The molecule has 0 bridgehead atoms. The fourth-order valence-corrected chi connectivity index (χ4v) is 1.69. The minimum atomic E-state index is -0.0756. The van der Waals surface area contributed by atoms with Gasteiger partial charge in [-0.3, -0.25) is 4.79 Å². The minimum absolute atomic E-state index is 0.0756. The van der Waals surface area contributed by atoms with Crippen molar-refractivity contribution in [1.29, 1.82) is 0 Å². The van der Waals surface area contributed by atoms with Crippen LogP contribution in [0.15, 0.2) is 22.7 Å². The molecule has 1 aromatic carbocycles. The van der Waals surface area contributed by atoms with Crippen LogP contribution in [0.5, 0.6) is 5.75 Å². The van der Waals surface area contributed by atoms with Crippen molar-refractivity contribution in [2.24, 2.45) is 0 Å². The third-order valence-corrected chi connectivity index (χ3v) is 2.45. The predicted octanol–water partition coefficient (Wildman–Crippen LogP) is 2.60. The fraction of sp³-hybridized carbons (Fsp3) is 0.364. The lowest BCUT2D eigenvalue weighted by molar-refractivity contribution is 0.0943. The normalized spacial score (nSPS) is 10.2. The zero-order chi connectivity index (χ0) is 11.4. The molecule has 4 heteroatoms. The van der Waals surface area contributed by atoms with Gasteiger partial charge in [0.15, 0.2) is 0 Å². The maximum absolute atomic E-state index is 11.6. The van der Waals surface area contributed by atoms with Gasteiger partial charge < -0.3 is 10.1 Å². The van der Waals surface area contributed by atoms with Gasteiger partial charge >= 0.3 is 0 Å². The molecule has 1 rings (SSSR count). The van der Waals surface area contributed by atoms with Crippen LogP contribution in [0.25, 0.3) is 0 Å². The number of carbonyl (C=O) groups is 1. The average Bonchev–Trinajstić information content (AvgIpc) is 2.16.